The summed E-state index contributed by atoms with van der Waals surface area (Å²) in [5.74, 6) is 0. The fraction of sp³-hybridized carbons (Fsp3) is 0.400. The van der Waals surface area contributed by atoms with Crippen molar-refractivity contribution in [3.05, 3.63) is 36.4 Å². The van der Waals surface area contributed by atoms with Gasteiger partial charge in [0.1, 0.15) is 0 Å². The van der Waals surface area contributed by atoms with Gasteiger partial charge in [-0.2, -0.15) is 36.4 Å². The van der Waals surface area contributed by atoms with Gasteiger partial charge in [-0.15, -0.1) is 0 Å². The Kier molecular flexibility index (Phi) is 44.7. The van der Waals surface area contributed by atoms with Gasteiger partial charge >= 0.3 is 0 Å². The van der Waals surface area contributed by atoms with Crippen LogP contribution in [0, 0.1) is 43.8 Å². The van der Waals surface area contributed by atoms with E-state index >= 15 is 0 Å². The summed E-state index contributed by atoms with van der Waals surface area (Å²) in [6, 6.07) is 12.5. The molecule has 1 rings (SSSR count). The predicted molar refractivity (Wildman–Crippen MR) is 48.0 cm³/mol. The molecule has 0 saturated carbocycles. The van der Waals surface area contributed by atoms with Gasteiger partial charge in [-0.3, -0.25) is 0 Å². The Morgan fingerprint density at radius 1 is 1.00 bits per heavy atom. The van der Waals surface area contributed by atoms with Crippen LogP contribution in [0.3, 0.4) is 0 Å². The molecule has 0 atom stereocenters. The van der Waals surface area contributed by atoms with Gasteiger partial charge < -0.3 is 0 Å². The molecule has 2 heteroatoms. The molecule has 0 fully saturated rings. The van der Waals surface area contributed by atoms with Crippen LogP contribution in [-0.4, -0.2) is 0 Å². The Hall–Kier alpha value is 1.58. The molecule has 1 aromatic carbocycles. The van der Waals surface area contributed by atoms with E-state index in [0.717, 1.165) is 0 Å². The first-order valence-corrected chi connectivity index (χ1v) is 3.32. The van der Waals surface area contributed by atoms with E-state index < -0.39 is 0 Å². The second-order valence-corrected chi connectivity index (χ2v) is 1.78. The molecule has 12 heavy (non-hydrogen) atoms. The molecule has 1 aromatic rings. The van der Waals surface area contributed by atoms with E-state index in [1.165, 1.54) is 6.42 Å². The van der Waals surface area contributed by atoms with Crippen LogP contribution < -0.4 is 0 Å². The molecule has 0 saturated heterocycles. The van der Waals surface area contributed by atoms with Gasteiger partial charge in [0, 0.05) is 70.4 Å². The standard InChI is InChI=1S/C6H5.C3H8.CH4.Ar.Y/c1-2-4-6-5-3-1;1-3-2;;;/h1-5H;3H2,1-2H3;1H4;;/q-1;;;;. The first-order valence-electron chi connectivity index (χ1n) is 3.32. The van der Waals surface area contributed by atoms with Crippen LogP contribution in [-0.2, 0) is 32.7 Å². The van der Waals surface area contributed by atoms with Gasteiger partial charge in [0.2, 0.25) is 0 Å². The van der Waals surface area contributed by atoms with Gasteiger partial charge in [-0.1, -0.05) is 27.7 Å². The zero-order chi connectivity index (χ0) is 6.95. The average Bonchev–Trinajstić information content (AvgIpc) is 1.93. The number of rotatable bonds is 0. The first-order chi connectivity index (χ1) is 4.41. The second-order valence-electron chi connectivity index (χ2n) is 1.78. The fourth-order valence-corrected chi connectivity index (χ4v) is 0.342. The molecule has 0 N–H and O–H groups in total. The minimum absolute atomic E-state index is 0. The Morgan fingerprint density at radius 2 is 1.33 bits per heavy atom. The van der Waals surface area contributed by atoms with E-state index in [1.54, 1.807) is 0 Å². The monoisotopic (exact) mass is 266 g/mol. The summed E-state index contributed by atoms with van der Waals surface area (Å²) in [5.41, 5.74) is 0. The van der Waals surface area contributed by atoms with Crippen LogP contribution in [0.4, 0.5) is 0 Å². The average molecular weight is 266 g/mol. The Morgan fingerprint density at radius 3 is 1.42 bits per heavy atom. The topological polar surface area (TPSA) is 0 Å². The third-order valence-electron chi connectivity index (χ3n) is 0.607. The van der Waals surface area contributed by atoms with Gasteiger partial charge in [-0.25, -0.2) is 0 Å². The van der Waals surface area contributed by atoms with Crippen LogP contribution in [0.2, 0.25) is 0 Å². The van der Waals surface area contributed by atoms with Crippen molar-refractivity contribution in [2.75, 3.05) is 0 Å². The second kappa shape index (κ2) is 22.9. The molecule has 0 nitrogen and oxygen atoms in total. The Bertz CT molecular complexity index is 92.7. The van der Waals surface area contributed by atoms with E-state index in [1.807, 2.05) is 30.3 Å². The van der Waals surface area contributed by atoms with Crippen molar-refractivity contribution in [2.24, 2.45) is 0 Å². The number of hydrogen-bond donors (Lipinski definition) is 0. The summed E-state index contributed by atoms with van der Waals surface area (Å²) in [5, 5.41) is 0. The van der Waals surface area contributed by atoms with Crippen molar-refractivity contribution in [1.29, 1.82) is 0 Å². The fourth-order valence-electron chi connectivity index (χ4n) is 0.342. The summed E-state index contributed by atoms with van der Waals surface area (Å²) in [7, 11) is 0. The molecule has 69 valence electrons. The Balaban J connectivity index is -0.0000000489. The third kappa shape index (κ3) is 22.6. The van der Waals surface area contributed by atoms with E-state index in [4.69, 9.17) is 0 Å². The van der Waals surface area contributed by atoms with Crippen molar-refractivity contribution < 1.29 is 70.4 Å². The molecule has 0 spiro atoms. The molecule has 0 amide bonds. The van der Waals surface area contributed by atoms with Crippen LogP contribution in [0.25, 0.3) is 0 Å². The molecule has 0 bridgehead atoms. The zero-order valence-electron chi connectivity index (χ0n) is 7.02. The molecular formula is C10H17ArY-. The Labute approximate surface area is 132 Å². The summed E-state index contributed by atoms with van der Waals surface area (Å²) in [6.07, 6.45) is 1.25. The largest absolute Gasteiger partial charge is 0.184 e. The molecule has 0 unspecified atom stereocenters. The maximum atomic E-state index is 2.89. The maximum Gasteiger partial charge on any atom is 0 e. The van der Waals surface area contributed by atoms with E-state index in [2.05, 4.69) is 19.9 Å². The zero-order valence-corrected chi connectivity index (χ0v) is 10.6. The van der Waals surface area contributed by atoms with E-state index in [9.17, 15) is 0 Å². The van der Waals surface area contributed by atoms with Crippen LogP contribution in [0.15, 0.2) is 30.3 Å². The predicted octanol–water partition coefficient (Wildman–Crippen LogP) is 3.54. The summed E-state index contributed by atoms with van der Waals surface area (Å²) in [4.78, 5) is 0. The minimum Gasteiger partial charge on any atom is -0.184 e. The molecule has 0 aliphatic carbocycles. The van der Waals surface area contributed by atoms with Crippen molar-refractivity contribution in [3.8, 4) is 0 Å². The van der Waals surface area contributed by atoms with Crippen molar-refractivity contribution >= 4 is 0 Å². The summed E-state index contributed by atoms with van der Waals surface area (Å²) in [6.45, 7) is 4.25. The molecule has 0 heterocycles. The van der Waals surface area contributed by atoms with Gasteiger partial charge in [0.05, 0.1) is 0 Å². The summed E-state index contributed by atoms with van der Waals surface area (Å²) >= 11 is 0. The van der Waals surface area contributed by atoms with Crippen LogP contribution in [0.5, 0.6) is 0 Å². The van der Waals surface area contributed by atoms with E-state index in [0.29, 0.717) is 0 Å². The SMILES string of the molecule is C.CCC.[Ar].[Y].[c-]1ccccc1. The number of hydrogen-bond acceptors (Lipinski definition) is 0. The van der Waals surface area contributed by atoms with Crippen molar-refractivity contribution in [1.82, 2.24) is 0 Å². The van der Waals surface area contributed by atoms with Gasteiger partial charge in [0.15, 0.2) is 0 Å². The normalized spacial score (nSPS) is 5.50. The van der Waals surface area contributed by atoms with Gasteiger partial charge in [0.25, 0.3) is 0 Å². The van der Waals surface area contributed by atoms with Crippen LogP contribution in [0.1, 0.15) is 27.7 Å². The molecule has 0 aliphatic rings. The third-order valence-corrected chi connectivity index (χ3v) is 0.607. The number of benzene rings is 1. The first kappa shape index (κ1) is 23.4. The van der Waals surface area contributed by atoms with E-state index in [-0.39, 0.29) is 77.9 Å². The van der Waals surface area contributed by atoms with Gasteiger partial charge in [-0.05, 0) is 0 Å². The summed E-state index contributed by atoms with van der Waals surface area (Å²) < 4.78 is 0. The quantitative estimate of drug-likeness (QED) is 0.630. The van der Waals surface area contributed by atoms with Crippen LogP contribution >= 0.6 is 0 Å². The molecule has 0 aliphatic heterocycles. The smallest absolute Gasteiger partial charge is 0 e. The van der Waals surface area contributed by atoms with Crippen molar-refractivity contribution in [2.45, 2.75) is 27.7 Å². The minimum atomic E-state index is 0. The maximum absolute atomic E-state index is 2.89. The molecule has 0 aromatic heterocycles. The van der Waals surface area contributed by atoms with Crippen molar-refractivity contribution in [3.63, 3.8) is 0 Å². The molecule has 1 radical (unpaired) electrons. The molecular weight excluding hydrogens is 249 g/mol.